The first-order valence-electron chi connectivity index (χ1n) is 7.11. The van der Waals surface area contributed by atoms with Gasteiger partial charge in [0, 0.05) is 31.0 Å². The zero-order valence-corrected chi connectivity index (χ0v) is 12.1. The van der Waals surface area contributed by atoms with Crippen molar-refractivity contribution in [3.05, 3.63) is 22.7 Å². The van der Waals surface area contributed by atoms with E-state index in [9.17, 15) is 4.79 Å². The molecule has 1 aliphatic rings. The quantitative estimate of drug-likeness (QED) is 0.762. The van der Waals surface area contributed by atoms with Crippen LogP contribution in [0.5, 0.6) is 0 Å². The Balaban J connectivity index is 1.83. The fourth-order valence-electron chi connectivity index (χ4n) is 1.98. The molecule has 1 heterocycles. The lowest BCUT2D eigenvalue weighted by Gasteiger charge is -2.20. The van der Waals surface area contributed by atoms with Crippen LogP contribution in [0.15, 0.2) is 17.2 Å². The molecule has 106 valence electrons. The van der Waals surface area contributed by atoms with Gasteiger partial charge in [0.1, 0.15) is 0 Å². The predicted octanol–water partition coefficient (Wildman–Crippen LogP) is 1.72. The van der Waals surface area contributed by atoms with Gasteiger partial charge in [-0.3, -0.25) is 4.79 Å². The second-order valence-corrected chi connectivity index (χ2v) is 5.57. The van der Waals surface area contributed by atoms with Crippen molar-refractivity contribution >= 4 is 5.82 Å². The largest absolute Gasteiger partial charge is 0.365 e. The van der Waals surface area contributed by atoms with Crippen molar-refractivity contribution in [2.45, 2.75) is 45.2 Å². The van der Waals surface area contributed by atoms with Gasteiger partial charge in [-0.15, -0.1) is 0 Å². The summed E-state index contributed by atoms with van der Waals surface area (Å²) < 4.78 is 1.80. The monoisotopic (exact) mass is 264 g/mol. The van der Waals surface area contributed by atoms with Gasteiger partial charge in [0.05, 0.1) is 0 Å². The molecule has 0 aromatic carbocycles. The second kappa shape index (κ2) is 6.19. The minimum atomic E-state index is 0.0159. The van der Waals surface area contributed by atoms with Gasteiger partial charge in [-0.2, -0.15) is 0 Å². The number of aromatic nitrogens is 2. The van der Waals surface area contributed by atoms with Crippen LogP contribution in [-0.2, 0) is 0 Å². The van der Waals surface area contributed by atoms with Gasteiger partial charge in [0.15, 0.2) is 5.82 Å². The lowest BCUT2D eigenvalue weighted by molar-refractivity contribution is 0.273. The van der Waals surface area contributed by atoms with E-state index in [2.05, 4.69) is 36.1 Å². The Hall–Kier alpha value is -1.36. The molecule has 1 aromatic heterocycles. The van der Waals surface area contributed by atoms with E-state index in [4.69, 9.17) is 0 Å². The highest BCUT2D eigenvalue weighted by atomic mass is 16.1. The maximum atomic E-state index is 12.1. The molecule has 5 heteroatoms. The average molecular weight is 264 g/mol. The molecule has 0 bridgehead atoms. The van der Waals surface area contributed by atoms with Gasteiger partial charge in [0.2, 0.25) is 0 Å². The summed E-state index contributed by atoms with van der Waals surface area (Å²) in [4.78, 5) is 18.6. The topological polar surface area (TPSA) is 50.2 Å². The van der Waals surface area contributed by atoms with E-state index in [-0.39, 0.29) is 5.56 Å². The summed E-state index contributed by atoms with van der Waals surface area (Å²) in [7, 11) is 2.12. The molecule has 2 rings (SSSR count). The molecule has 1 saturated carbocycles. The Bertz CT molecular complexity index is 465. The zero-order valence-electron chi connectivity index (χ0n) is 12.1. The molecule has 0 amide bonds. The van der Waals surface area contributed by atoms with Crippen LogP contribution in [-0.4, -0.2) is 40.6 Å². The molecular formula is C14H24N4O. The van der Waals surface area contributed by atoms with E-state index >= 15 is 0 Å². The van der Waals surface area contributed by atoms with E-state index in [0.717, 1.165) is 32.4 Å². The van der Waals surface area contributed by atoms with Crippen LogP contribution < -0.4 is 10.9 Å². The van der Waals surface area contributed by atoms with Gasteiger partial charge in [-0.1, -0.05) is 0 Å². The lowest BCUT2D eigenvalue weighted by atomic mass is 10.3. The summed E-state index contributed by atoms with van der Waals surface area (Å²) in [6.07, 6.45) is 6.74. The molecular weight excluding hydrogens is 240 g/mol. The number of nitrogens with one attached hydrogen (secondary N) is 1. The Labute approximate surface area is 114 Å². The minimum Gasteiger partial charge on any atom is -0.365 e. The summed E-state index contributed by atoms with van der Waals surface area (Å²) in [5.74, 6) is 0.488. The van der Waals surface area contributed by atoms with Crippen LogP contribution in [0.2, 0.25) is 0 Å². The zero-order chi connectivity index (χ0) is 13.8. The molecule has 1 fully saturated rings. The van der Waals surface area contributed by atoms with Gasteiger partial charge in [-0.25, -0.2) is 4.98 Å². The molecule has 0 unspecified atom stereocenters. The molecule has 1 N–H and O–H groups in total. The third kappa shape index (κ3) is 3.80. The molecule has 0 saturated heterocycles. The maximum absolute atomic E-state index is 12.1. The molecule has 0 spiro atoms. The van der Waals surface area contributed by atoms with Gasteiger partial charge < -0.3 is 14.8 Å². The summed E-state index contributed by atoms with van der Waals surface area (Å²) in [6.45, 7) is 6.17. The van der Waals surface area contributed by atoms with Crippen molar-refractivity contribution in [2.75, 3.05) is 25.5 Å². The number of nitrogens with zero attached hydrogens (tertiary/aromatic N) is 3. The van der Waals surface area contributed by atoms with Gasteiger partial charge in [0.25, 0.3) is 5.56 Å². The number of rotatable bonds is 7. The van der Waals surface area contributed by atoms with Crippen molar-refractivity contribution in [1.29, 1.82) is 0 Å². The van der Waals surface area contributed by atoms with Gasteiger partial charge >= 0.3 is 0 Å². The fourth-order valence-corrected chi connectivity index (χ4v) is 1.98. The fraction of sp³-hybridized carbons (Fsp3) is 0.714. The van der Waals surface area contributed by atoms with Crippen molar-refractivity contribution in [2.24, 2.45) is 0 Å². The van der Waals surface area contributed by atoms with E-state index in [0.29, 0.717) is 17.9 Å². The Morgan fingerprint density at radius 1 is 1.53 bits per heavy atom. The normalized spacial score (nSPS) is 15.2. The Morgan fingerprint density at radius 2 is 2.26 bits per heavy atom. The molecule has 1 aliphatic carbocycles. The van der Waals surface area contributed by atoms with Crippen LogP contribution in [0, 0.1) is 0 Å². The molecule has 0 radical (unpaired) electrons. The highest BCUT2D eigenvalue weighted by Crippen LogP contribution is 2.33. The molecule has 0 aliphatic heterocycles. The molecule has 19 heavy (non-hydrogen) atoms. The smallest absolute Gasteiger partial charge is 0.293 e. The molecule has 5 nitrogen and oxygen atoms in total. The molecule has 0 atom stereocenters. The van der Waals surface area contributed by atoms with Crippen LogP contribution in [0.4, 0.5) is 5.82 Å². The van der Waals surface area contributed by atoms with Gasteiger partial charge in [-0.05, 0) is 46.7 Å². The van der Waals surface area contributed by atoms with Crippen LogP contribution in [0.25, 0.3) is 0 Å². The summed E-state index contributed by atoms with van der Waals surface area (Å²) in [6, 6.07) is 0.963. The van der Waals surface area contributed by atoms with Crippen LogP contribution in [0.1, 0.15) is 39.2 Å². The summed E-state index contributed by atoms with van der Waals surface area (Å²) >= 11 is 0. The minimum absolute atomic E-state index is 0.0159. The van der Waals surface area contributed by atoms with Crippen molar-refractivity contribution in [1.82, 2.24) is 14.5 Å². The highest BCUT2D eigenvalue weighted by molar-refractivity contribution is 5.31. The third-order valence-electron chi connectivity index (χ3n) is 3.67. The average Bonchev–Trinajstić information content (AvgIpc) is 3.20. The van der Waals surface area contributed by atoms with Crippen molar-refractivity contribution in [3.8, 4) is 0 Å². The second-order valence-electron chi connectivity index (χ2n) is 5.57. The summed E-state index contributed by atoms with van der Waals surface area (Å²) in [5.41, 5.74) is 0.0159. The predicted molar refractivity (Wildman–Crippen MR) is 77.6 cm³/mol. The van der Waals surface area contributed by atoms with E-state index in [1.807, 2.05) is 0 Å². The molecule has 1 aromatic rings. The number of anilines is 1. The Kier molecular flexibility index (Phi) is 4.58. The maximum Gasteiger partial charge on any atom is 0.293 e. The number of hydrogen-bond acceptors (Lipinski definition) is 4. The first kappa shape index (κ1) is 14.1. The Morgan fingerprint density at radius 3 is 2.89 bits per heavy atom. The standard InChI is InChI=1S/C14H24N4O/c1-11(2)17(3)9-4-7-15-13-14(19)18(10-8-16-13)12-5-6-12/h8,10-12H,4-7,9H2,1-3H3,(H,15,16). The van der Waals surface area contributed by atoms with E-state index < -0.39 is 0 Å². The van der Waals surface area contributed by atoms with Crippen molar-refractivity contribution in [3.63, 3.8) is 0 Å². The first-order valence-corrected chi connectivity index (χ1v) is 7.11. The SMILES string of the molecule is CC(C)N(C)CCCNc1nccn(C2CC2)c1=O. The first-order chi connectivity index (χ1) is 9.09. The summed E-state index contributed by atoms with van der Waals surface area (Å²) in [5, 5.41) is 3.16. The number of hydrogen-bond donors (Lipinski definition) is 1. The van der Waals surface area contributed by atoms with Crippen LogP contribution >= 0.6 is 0 Å². The lowest BCUT2D eigenvalue weighted by Crippen LogP contribution is -2.29. The van der Waals surface area contributed by atoms with E-state index in [1.54, 1.807) is 17.0 Å². The van der Waals surface area contributed by atoms with Crippen molar-refractivity contribution < 1.29 is 0 Å². The van der Waals surface area contributed by atoms with E-state index in [1.165, 1.54) is 0 Å². The van der Waals surface area contributed by atoms with Crippen LogP contribution in [0.3, 0.4) is 0 Å². The third-order valence-corrected chi connectivity index (χ3v) is 3.67. The highest BCUT2D eigenvalue weighted by Gasteiger charge is 2.25.